The van der Waals surface area contributed by atoms with Gasteiger partial charge < -0.3 is 37.9 Å². The Kier molecular flexibility index (Phi) is 16.5. The fraction of sp³-hybridized carbons (Fsp3) is 0.189. The second kappa shape index (κ2) is 25.1. The smallest absolute Gasteiger partial charge is 0.343 e. The van der Waals surface area contributed by atoms with Gasteiger partial charge in [-0.3, -0.25) is 0 Å². The van der Waals surface area contributed by atoms with Crippen molar-refractivity contribution in [2.45, 2.75) is 39.5 Å². The molecule has 86 heavy (non-hydrogen) atoms. The molecule has 10 aromatic carbocycles. The average molecular weight is 1140 g/mol. The molecule has 12 heteroatoms. The fourth-order valence-corrected chi connectivity index (χ4v) is 10.8. The van der Waals surface area contributed by atoms with Gasteiger partial charge in [-0.05, 0) is 179 Å². The molecule has 2 heterocycles. The third-order valence-electron chi connectivity index (χ3n) is 16.6. The number of esters is 4. The summed E-state index contributed by atoms with van der Waals surface area (Å²) < 4.78 is 46.8. The van der Waals surface area contributed by atoms with Crippen LogP contribution in [0, 0.1) is 10.8 Å². The molecule has 0 bridgehead atoms. The molecule has 2 fully saturated rings. The van der Waals surface area contributed by atoms with Crippen molar-refractivity contribution in [1.82, 2.24) is 0 Å². The van der Waals surface area contributed by atoms with E-state index in [4.69, 9.17) is 37.9 Å². The lowest BCUT2D eigenvalue weighted by Crippen LogP contribution is -2.43. The van der Waals surface area contributed by atoms with Crippen LogP contribution in [0.5, 0.6) is 34.5 Å². The first kappa shape index (κ1) is 56.6. The van der Waals surface area contributed by atoms with Crippen LogP contribution in [0.25, 0.3) is 54.9 Å². The average Bonchev–Trinajstić information content (AvgIpc) is 1.65. The van der Waals surface area contributed by atoms with Crippen LogP contribution in [0.15, 0.2) is 218 Å². The summed E-state index contributed by atoms with van der Waals surface area (Å²) in [6.45, 7) is 8.60. The number of hydrogen-bond acceptors (Lipinski definition) is 12. The quantitative estimate of drug-likeness (QED) is 0.0499. The van der Waals surface area contributed by atoms with Crippen molar-refractivity contribution in [2.75, 3.05) is 39.6 Å². The van der Waals surface area contributed by atoms with Gasteiger partial charge >= 0.3 is 23.9 Å². The second-order valence-electron chi connectivity index (χ2n) is 22.0. The van der Waals surface area contributed by atoms with E-state index >= 15 is 0 Å². The zero-order chi connectivity index (χ0) is 59.0. The van der Waals surface area contributed by atoms with Crippen molar-refractivity contribution in [2.24, 2.45) is 10.8 Å². The maximum Gasteiger partial charge on any atom is 0.343 e. The van der Waals surface area contributed by atoms with Crippen LogP contribution in [0.4, 0.5) is 0 Å². The van der Waals surface area contributed by atoms with Gasteiger partial charge in [0.1, 0.15) is 34.5 Å². The first-order chi connectivity index (χ1) is 42.0. The predicted molar refractivity (Wildman–Crippen MR) is 331 cm³/mol. The molecule has 0 saturated carbocycles. The molecule has 0 aliphatic carbocycles. The molecule has 0 radical (unpaired) electrons. The van der Waals surface area contributed by atoms with Crippen LogP contribution in [0.1, 0.15) is 81.0 Å². The van der Waals surface area contributed by atoms with E-state index in [2.05, 4.69) is 13.8 Å². The zero-order valence-corrected chi connectivity index (χ0v) is 47.8. The molecule has 2 aliphatic rings. The summed E-state index contributed by atoms with van der Waals surface area (Å²) >= 11 is 0. The third kappa shape index (κ3) is 12.5. The number of carbonyl (C=O) groups excluding carboxylic acids is 4. The van der Waals surface area contributed by atoms with Gasteiger partial charge in [0.25, 0.3) is 0 Å². The van der Waals surface area contributed by atoms with Crippen LogP contribution >= 0.6 is 0 Å². The molecular weight excluding hydrogens is 1080 g/mol. The van der Waals surface area contributed by atoms with Gasteiger partial charge in [0.05, 0.1) is 61.9 Å². The Bertz CT molecular complexity index is 3790. The molecule has 12 rings (SSSR count). The predicted octanol–water partition coefficient (Wildman–Crippen LogP) is 16.3. The molecule has 0 amide bonds. The molecule has 430 valence electrons. The van der Waals surface area contributed by atoms with Crippen LogP contribution in [0.2, 0.25) is 0 Å². The van der Waals surface area contributed by atoms with E-state index in [1.54, 1.807) is 109 Å². The van der Waals surface area contributed by atoms with Crippen molar-refractivity contribution >= 4 is 45.4 Å². The minimum absolute atomic E-state index is 0.204. The van der Waals surface area contributed by atoms with Crippen LogP contribution in [0.3, 0.4) is 0 Å². The SMILES string of the molecule is CCC1(CCOc2ccc(C(=O)Oc3ccc(-c4ccc(C(=O)Oc5ccc6ccccc6c5-c5c(OC(=O)c6ccc(-c7ccc(OC(=O)c8ccc(OCCC9(CC)COC9)cc8)cc7)cc6)ccc6ccccc56)cc4)cc3)cc2)COC1. The lowest BCUT2D eigenvalue weighted by molar-refractivity contribution is -0.123. The summed E-state index contributed by atoms with van der Waals surface area (Å²) in [4.78, 5) is 54.5. The Labute approximate surface area is 498 Å². The Hall–Kier alpha value is -9.88. The van der Waals surface area contributed by atoms with Gasteiger partial charge in [-0.15, -0.1) is 0 Å². The molecule has 2 aliphatic heterocycles. The molecule has 0 aromatic heterocycles. The Morgan fingerprint density at radius 1 is 0.349 bits per heavy atom. The highest BCUT2D eigenvalue weighted by atomic mass is 16.6. The number of carbonyl (C=O) groups is 4. The normalized spacial score (nSPS) is 13.8. The molecule has 2 saturated heterocycles. The van der Waals surface area contributed by atoms with Gasteiger partial charge in [0, 0.05) is 22.0 Å². The number of rotatable bonds is 21. The maximum absolute atomic E-state index is 14.2. The Morgan fingerprint density at radius 3 is 0.977 bits per heavy atom. The van der Waals surface area contributed by atoms with Crippen molar-refractivity contribution in [3.63, 3.8) is 0 Å². The summed E-state index contributed by atoms with van der Waals surface area (Å²) in [5, 5.41) is 3.36. The van der Waals surface area contributed by atoms with Crippen molar-refractivity contribution < 1.29 is 57.1 Å². The van der Waals surface area contributed by atoms with E-state index in [0.717, 1.165) is 95.9 Å². The summed E-state index contributed by atoms with van der Waals surface area (Å²) in [6.07, 6.45) is 3.94. The van der Waals surface area contributed by atoms with Gasteiger partial charge in [-0.25, -0.2) is 19.2 Å². The molecule has 0 unspecified atom stereocenters. The minimum Gasteiger partial charge on any atom is -0.494 e. The van der Waals surface area contributed by atoms with E-state index in [0.29, 0.717) is 69.6 Å². The third-order valence-corrected chi connectivity index (χ3v) is 16.6. The summed E-state index contributed by atoms with van der Waals surface area (Å²) in [5.74, 6) is 0.588. The van der Waals surface area contributed by atoms with Gasteiger partial charge in [-0.2, -0.15) is 0 Å². The van der Waals surface area contributed by atoms with Gasteiger partial charge in [-0.1, -0.05) is 123 Å². The molecule has 10 aromatic rings. The van der Waals surface area contributed by atoms with E-state index in [1.807, 2.05) is 109 Å². The molecule has 0 atom stereocenters. The topological polar surface area (TPSA) is 142 Å². The number of fused-ring (bicyclic) bond motifs is 2. The van der Waals surface area contributed by atoms with Gasteiger partial charge in [0.2, 0.25) is 0 Å². The molecule has 0 N–H and O–H groups in total. The van der Waals surface area contributed by atoms with Crippen molar-refractivity contribution in [1.29, 1.82) is 0 Å². The lowest BCUT2D eigenvalue weighted by atomic mass is 9.80. The maximum atomic E-state index is 14.2. The van der Waals surface area contributed by atoms with Crippen molar-refractivity contribution in [3.8, 4) is 67.9 Å². The van der Waals surface area contributed by atoms with E-state index in [-0.39, 0.29) is 22.3 Å². The fourth-order valence-electron chi connectivity index (χ4n) is 10.8. The number of benzene rings is 10. The Balaban J connectivity index is 0.701. The highest BCUT2D eigenvalue weighted by Gasteiger charge is 2.37. The first-order valence-electron chi connectivity index (χ1n) is 29.0. The minimum atomic E-state index is -0.582. The van der Waals surface area contributed by atoms with Crippen molar-refractivity contribution in [3.05, 3.63) is 241 Å². The highest BCUT2D eigenvalue weighted by molar-refractivity contribution is 6.11. The monoisotopic (exact) mass is 1140 g/mol. The standard InChI is InChI=1S/C74H62O12/c1-3-73(45-79-46-73)41-43-81-59-31-25-57(26-32-59)69(75)83-61-35-21-51(22-36-61)49-13-17-55(18-14-49)71(77)85-65-39-29-53-9-5-7-11-63(53)67(65)68-64-12-8-6-10-54(64)30-40-66(68)86-72(78)56-19-15-50(16-20-56)52-23-37-62(38-24-52)84-70(76)58-27-33-60(34-28-58)82-44-42-74(4-2)47-80-48-74/h5-40H,3-4,41-48H2,1-2H3. The molecule has 12 nitrogen and oxygen atoms in total. The highest BCUT2D eigenvalue weighted by Crippen LogP contribution is 2.46. The summed E-state index contributed by atoms with van der Waals surface area (Å²) in [7, 11) is 0. The second-order valence-corrected chi connectivity index (χ2v) is 22.0. The van der Waals surface area contributed by atoms with Crippen LogP contribution < -0.4 is 28.4 Å². The molecule has 0 spiro atoms. The van der Waals surface area contributed by atoms with Crippen LogP contribution in [-0.4, -0.2) is 63.5 Å². The first-order valence-corrected chi connectivity index (χ1v) is 29.0. The van der Waals surface area contributed by atoms with E-state index in [9.17, 15) is 19.2 Å². The zero-order valence-electron chi connectivity index (χ0n) is 47.8. The summed E-state index contributed by atoms with van der Waals surface area (Å²) in [5.41, 5.74) is 6.39. The number of ether oxygens (including phenoxy) is 8. The summed E-state index contributed by atoms with van der Waals surface area (Å²) in [6, 6.07) is 65.3. The van der Waals surface area contributed by atoms with Gasteiger partial charge in [0.15, 0.2) is 0 Å². The van der Waals surface area contributed by atoms with E-state index < -0.39 is 23.9 Å². The van der Waals surface area contributed by atoms with E-state index in [1.165, 1.54) is 0 Å². The molecular formula is C74H62O12. The largest absolute Gasteiger partial charge is 0.494 e. The lowest BCUT2D eigenvalue weighted by Gasteiger charge is -2.40. The number of hydrogen-bond donors (Lipinski definition) is 0. The Morgan fingerprint density at radius 2 is 0.651 bits per heavy atom. The van der Waals surface area contributed by atoms with Crippen LogP contribution in [-0.2, 0) is 9.47 Å².